The minimum absolute atomic E-state index is 0.0268. The number of aromatic nitrogens is 1. The Morgan fingerprint density at radius 1 is 1.26 bits per heavy atom. The first-order chi connectivity index (χ1) is 16.9. The molecule has 0 spiro atoms. The number of hydrogen-bond donors (Lipinski definition) is 1. The zero-order valence-corrected chi connectivity index (χ0v) is 22.0. The first kappa shape index (κ1) is 24.2. The molecule has 3 aromatic heterocycles. The predicted octanol–water partition coefficient (Wildman–Crippen LogP) is 5.93. The van der Waals surface area contributed by atoms with Crippen molar-refractivity contribution in [2.24, 2.45) is 0 Å². The number of furan rings is 1. The van der Waals surface area contributed by atoms with Crippen LogP contribution in [0.25, 0.3) is 10.2 Å². The highest BCUT2D eigenvalue weighted by atomic mass is 32.1. The highest BCUT2D eigenvalue weighted by Gasteiger charge is 2.50. The predicted molar refractivity (Wildman–Crippen MR) is 140 cm³/mol. The standard InChI is InChI=1S/C28H37N3O3S/c1-4-22-16-23-25(35-22)17-24-26(32)31(19(2)13-14-21-12-9-15-34-21)28(3,18-30(23)24)27(33)29-20-10-7-5-6-8-11-20/h9,12,15-17,19-20H,4-8,10-11,13-14,18H2,1-3H3,(H,29,33)/t19-,28-/m1/s1. The van der Waals surface area contributed by atoms with Crippen LogP contribution in [0.5, 0.6) is 0 Å². The van der Waals surface area contributed by atoms with E-state index in [2.05, 4.69) is 29.8 Å². The quantitative estimate of drug-likeness (QED) is 0.413. The van der Waals surface area contributed by atoms with Gasteiger partial charge >= 0.3 is 0 Å². The molecule has 1 fully saturated rings. The number of carbonyl (C=O) groups excluding carboxylic acids is 2. The molecule has 6 nitrogen and oxygen atoms in total. The molecule has 0 unspecified atom stereocenters. The van der Waals surface area contributed by atoms with Crippen LogP contribution in [-0.2, 0) is 24.2 Å². The van der Waals surface area contributed by atoms with Crippen LogP contribution in [0.2, 0.25) is 0 Å². The van der Waals surface area contributed by atoms with E-state index in [4.69, 9.17) is 4.42 Å². The number of hydrogen-bond acceptors (Lipinski definition) is 4. The number of thiophene rings is 1. The molecule has 1 saturated carbocycles. The van der Waals surface area contributed by atoms with Crippen LogP contribution in [0.1, 0.15) is 86.8 Å². The van der Waals surface area contributed by atoms with Crippen molar-refractivity contribution in [3.63, 3.8) is 0 Å². The monoisotopic (exact) mass is 495 g/mol. The highest BCUT2D eigenvalue weighted by molar-refractivity contribution is 7.19. The number of nitrogens with zero attached hydrogens (tertiary/aromatic N) is 2. The zero-order chi connectivity index (χ0) is 24.6. The van der Waals surface area contributed by atoms with Crippen LogP contribution in [0.4, 0.5) is 0 Å². The molecule has 1 aliphatic carbocycles. The molecular weight excluding hydrogens is 458 g/mol. The molecule has 0 radical (unpaired) electrons. The molecule has 0 bridgehead atoms. The molecule has 2 atom stereocenters. The van der Waals surface area contributed by atoms with Crippen molar-refractivity contribution in [2.45, 2.75) is 103 Å². The van der Waals surface area contributed by atoms with Crippen LogP contribution in [0, 0.1) is 0 Å². The summed E-state index contributed by atoms with van der Waals surface area (Å²) in [6.07, 6.45) is 10.9. The van der Waals surface area contributed by atoms with E-state index in [1.807, 2.05) is 30.0 Å². The lowest BCUT2D eigenvalue weighted by molar-refractivity contribution is -0.135. The normalized spacial score (nSPS) is 22.3. The summed E-state index contributed by atoms with van der Waals surface area (Å²) < 4.78 is 8.75. The third-order valence-electron chi connectivity index (χ3n) is 7.93. The summed E-state index contributed by atoms with van der Waals surface area (Å²) >= 11 is 1.75. The van der Waals surface area contributed by atoms with E-state index in [0.717, 1.165) is 60.9 Å². The van der Waals surface area contributed by atoms with Gasteiger partial charge in [-0.3, -0.25) is 9.59 Å². The minimum Gasteiger partial charge on any atom is -0.469 e. The summed E-state index contributed by atoms with van der Waals surface area (Å²) in [4.78, 5) is 31.2. The summed E-state index contributed by atoms with van der Waals surface area (Å²) in [5.74, 6) is 0.825. The summed E-state index contributed by atoms with van der Waals surface area (Å²) in [7, 11) is 0. The Morgan fingerprint density at radius 3 is 2.71 bits per heavy atom. The topological polar surface area (TPSA) is 67.5 Å². The van der Waals surface area contributed by atoms with Gasteiger partial charge < -0.3 is 19.2 Å². The summed E-state index contributed by atoms with van der Waals surface area (Å²) in [5, 5.41) is 3.37. The fourth-order valence-electron chi connectivity index (χ4n) is 5.91. The molecule has 2 aliphatic rings. The van der Waals surface area contributed by atoms with Gasteiger partial charge in [-0.2, -0.15) is 0 Å². The Bertz CT molecular complexity index is 1190. The molecule has 1 aliphatic heterocycles. The summed E-state index contributed by atoms with van der Waals surface area (Å²) in [6.45, 7) is 6.65. The van der Waals surface area contributed by atoms with Gasteiger partial charge in [-0.15, -0.1) is 11.3 Å². The molecule has 1 N–H and O–H groups in total. The number of fused-ring (bicyclic) bond motifs is 3. The average molecular weight is 496 g/mol. The maximum atomic E-state index is 14.0. The van der Waals surface area contributed by atoms with E-state index in [1.165, 1.54) is 17.7 Å². The largest absolute Gasteiger partial charge is 0.469 e. The maximum Gasteiger partial charge on any atom is 0.271 e. The lowest BCUT2D eigenvalue weighted by Gasteiger charge is -2.47. The fourth-order valence-corrected chi connectivity index (χ4v) is 6.96. The number of aryl methyl sites for hydroxylation is 2. The number of amides is 2. The summed E-state index contributed by atoms with van der Waals surface area (Å²) in [5.41, 5.74) is 0.809. The molecule has 0 aromatic carbocycles. The lowest BCUT2D eigenvalue weighted by Crippen LogP contribution is -2.67. The Morgan fingerprint density at radius 2 is 2.03 bits per heavy atom. The van der Waals surface area contributed by atoms with E-state index in [-0.39, 0.29) is 23.9 Å². The fraction of sp³-hybridized carbons (Fsp3) is 0.571. The van der Waals surface area contributed by atoms with Crippen molar-refractivity contribution in [2.75, 3.05) is 0 Å². The number of carbonyl (C=O) groups is 2. The third kappa shape index (κ3) is 4.55. The van der Waals surface area contributed by atoms with Crippen molar-refractivity contribution in [1.82, 2.24) is 14.8 Å². The van der Waals surface area contributed by atoms with Gasteiger partial charge in [0.25, 0.3) is 5.91 Å². The molecule has 188 valence electrons. The molecule has 0 saturated heterocycles. The SMILES string of the molecule is CCc1cc2c(cc3n2C[C@](C)(C(=O)NC2CCCCCC2)N([C@H](C)CCc2ccco2)C3=O)s1. The van der Waals surface area contributed by atoms with Crippen molar-refractivity contribution in [1.29, 1.82) is 0 Å². The first-order valence-electron chi connectivity index (χ1n) is 13.2. The average Bonchev–Trinajstić information content (AvgIpc) is 3.52. The van der Waals surface area contributed by atoms with Crippen LogP contribution in [0.15, 0.2) is 34.9 Å². The Labute approximate surface area is 211 Å². The maximum absolute atomic E-state index is 14.0. The number of nitrogens with one attached hydrogen (secondary N) is 1. The second-order valence-corrected chi connectivity index (χ2v) is 11.7. The van der Waals surface area contributed by atoms with Crippen LogP contribution < -0.4 is 5.32 Å². The van der Waals surface area contributed by atoms with E-state index < -0.39 is 5.54 Å². The Balaban J connectivity index is 1.48. The molecular formula is C28H37N3O3S. The van der Waals surface area contributed by atoms with Gasteiger partial charge in [-0.25, -0.2) is 0 Å². The van der Waals surface area contributed by atoms with Gasteiger partial charge in [0, 0.05) is 23.4 Å². The third-order valence-corrected chi connectivity index (χ3v) is 9.15. The van der Waals surface area contributed by atoms with E-state index >= 15 is 0 Å². The Hall–Kier alpha value is -2.54. The van der Waals surface area contributed by atoms with Crippen LogP contribution in [0.3, 0.4) is 0 Å². The van der Waals surface area contributed by atoms with Crippen molar-refractivity contribution in [3.8, 4) is 0 Å². The van der Waals surface area contributed by atoms with Crippen molar-refractivity contribution >= 4 is 33.4 Å². The van der Waals surface area contributed by atoms with Gasteiger partial charge in [0.05, 0.1) is 23.0 Å². The number of rotatable bonds is 7. The van der Waals surface area contributed by atoms with Gasteiger partial charge in [-0.05, 0) is 63.8 Å². The molecule has 35 heavy (non-hydrogen) atoms. The molecule has 5 rings (SSSR count). The van der Waals surface area contributed by atoms with Gasteiger partial charge in [0.15, 0.2) is 0 Å². The second kappa shape index (κ2) is 9.84. The molecule has 3 aromatic rings. The van der Waals surface area contributed by atoms with Crippen molar-refractivity contribution in [3.05, 3.63) is 46.9 Å². The van der Waals surface area contributed by atoms with E-state index in [0.29, 0.717) is 12.2 Å². The van der Waals surface area contributed by atoms with Crippen molar-refractivity contribution < 1.29 is 14.0 Å². The van der Waals surface area contributed by atoms with Crippen LogP contribution >= 0.6 is 11.3 Å². The van der Waals surface area contributed by atoms with Gasteiger partial charge in [-0.1, -0.05) is 32.6 Å². The van der Waals surface area contributed by atoms with Gasteiger partial charge in [0.1, 0.15) is 17.0 Å². The van der Waals surface area contributed by atoms with E-state index in [1.54, 1.807) is 17.6 Å². The second-order valence-electron chi connectivity index (χ2n) is 10.5. The van der Waals surface area contributed by atoms with E-state index in [9.17, 15) is 9.59 Å². The zero-order valence-electron chi connectivity index (χ0n) is 21.1. The minimum atomic E-state index is -0.959. The first-order valence-corrected chi connectivity index (χ1v) is 14.0. The Kier molecular flexibility index (Phi) is 6.80. The van der Waals surface area contributed by atoms with Gasteiger partial charge in [0.2, 0.25) is 5.91 Å². The highest BCUT2D eigenvalue weighted by Crippen LogP contribution is 2.38. The molecule has 2 amide bonds. The molecule has 7 heteroatoms. The molecule has 4 heterocycles. The van der Waals surface area contributed by atoms with Crippen LogP contribution in [-0.4, -0.2) is 38.9 Å². The lowest BCUT2D eigenvalue weighted by atomic mass is 9.91. The smallest absolute Gasteiger partial charge is 0.271 e. The summed E-state index contributed by atoms with van der Waals surface area (Å²) in [6, 6.07) is 8.15.